The lowest BCUT2D eigenvalue weighted by atomic mass is 9.87. The highest BCUT2D eigenvalue weighted by molar-refractivity contribution is 5.17. The minimum absolute atomic E-state index is 0.0486. The van der Waals surface area contributed by atoms with Gasteiger partial charge in [0.15, 0.2) is 0 Å². The van der Waals surface area contributed by atoms with Gasteiger partial charge in [0, 0.05) is 12.0 Å². The molecule has 0 aromatic carbocycles. The van der Waals surface area contributed by atoms with Crippen LogP contribution < -0.4 is 5.73 Å². The summed E-state index contributed by atoms with van der Waals surface area (Å²) in [5.41, 5.74) is 6.77. The monoisotopic (exact) mass is 139 g/mol. The molecule has 0 aliphatic rings. The molecule has 0 radical (unpaired) electrons. The van der Waals surface area contributed by atoms with Gasteiger partial charge in [0.25, 0.3) is 0 Å². The Morgan fingerprint density at radius 2 is 2.30 bits per heavy atom. The molecule has 0 atom stereocenters. The van der Waals surface area contributed by atoms with Gasteiger partial charge in [0.1, 0.15) is 0 Å². The van der Waals surface area contributed by atoms with Gasteiger partial charge in [-0.3, -0.25) is 0 Å². The molecule has 1 heterocycles. The average Bonchev–Trinajstić information content (AvgIpc) is 2.38. The van der Waals surface area contributed by atoms with Crippen molar-refractivity contribution in [2.45, 2.75) is 19.3 Å². The van der Waals surface area contributed by atoms with Gasteiger partial charge < -0.3 is 10.2 Å². The maximum atomic E-state index is 5.56. The van der Waals surface area contributed by atoms with Gasteiger partial charge in [0.05, 0.1) is 12.5 Å². The fourth-order valence-corrected chi connectivity index (χ4v) is 0.767. The topological polar surface area (TPSA) is 39.2 Å². The third kappa shape index (κ3) is 1.21. The van der Waals surface area contributed by atoms with Gasteiger partial charge in [0.2, 0.25) is 0 Å². The highest BCUT2D eigenvalue weighted by Crippen LogP contribution is 2.21. The lowest BCUT2D eigenvalue weighted by Gasteiger charge is -2.19. The van der Waals surface area contributed by atoms with E-state index in [4.69, 9.17) is 10.2 Å². The van der Waals surface area contributed by atoms with Crippen LogP contribution >= 0.6 is 0 Å². The summed E-state index contributed by atoms with van der Waals surface area (Å²) in [6.45, 7) is 4.84. The van der Waals surface area contributed by atoms with Gasteiger partial charge in [-0.05, 0) is 11.6 Å². The zero-order valence-electron chi connectivity index (χ0n) is 6.42. The van der Waals surface area contributed by atoms with Crippen LogP contribution in [-0.2, 0) is 5.41 Å². The quantitative estimate of drug-likeness (QED) is 0.674. The van der Waals surface area contributed by atoms with E-state index in [9.17, 15) is 0 Å². The molecule has 0 amide bonds. The van der Waals surface area contributed by atoms with Crippen molar-refractivity contribution in [3.63, 3.8) is 0 Å². The number of hydrogen-bond donors (Lipinski definition) is 1. The fourth-order valence-electron chi connectivity index (χ4n) is 0.767. The second kappa shape index (κ2) is 2.46. The average molecular weight is 139 g/mol. The molecule has 0 saturated carbocycles. The van der Waals surface area contributed by atoms with Crippen LogP contribution in [0.15, 0.2) is 23.0 Å². The Kier molecular flexibility index (Phi) is 1.81. The van der Waals surface area contributed by atoms with Gasteiger partial charge in [-0.1, -0.05) is 13.8 Å². The first-order valence-corrected chi connectivity index (χ1v) is 3.39. The SMILES string of the molecule is CC(C)(CN)c1ccoc1. The molecule has 0 spiro atoms. The molecular formula is C8H13NO. The smallest absolute Gasteiger partial charge is 0.0940 e. The Labute approximate surface area is 61.0 Å². The molecule has 0 fully saturated rings. The van der Waals surface area contributed by atoms with Gasteiger partial charge in [-0.25, -0.2) is 0 Å². The molecule has 10 heavy (non-hydrogen) atoms. The minimum Gasteiger partial charge on any atom is -0.472 e. The van der Waals surface area contributed by atoms with Crippen LogP contribution in [0, 0.1) is 0 Å². The molecule has 1 aromatic rings. The standard InChI is InChI=1S/C8H13NO/c1-8(2,6-9)7-3-4-10-5-7/h3-5H,6,9H2,1-2H3. The van der Waals surface area contributed by atoms with Crippen molar-refractivity contribution in [3.8, 4) is 0 Å². The van der Waals surface area contributed by atoms with Crippen LogP contribution in [0.3, 0.4) is 0 Å². The van der Waals surface area contributed by atoms with E-state index < -0.39 is 0 Å². The van der Waals surface area contributed by atoms with E-state index in [0.29, 0.717) is 6.54 Å². The third-order valence-electron chi connectivity index (χ3n) is 1.81. The summed E-state index contributed by atoms with van der Waals surface area (Å²) in [7, 11) is 0. The summed E-state index contributed by atoms with van der Waals surface area (Å²) in [5.74, 6) is 0. The van der Waals surface area contributed by atoms with Crippen LogP contribution in [0.25, 0.3) is 0 Å². The van der Waals surface area contributed by atoms with Crippen LogP contribution in [0.4, 0.5) is 0 Å². The molecule has 1 aromatic heterocycles. The Balaban J connectivity index is 2.85. The first-order chi connectivity index (χ1) is 4.67. The molecule has 0 saturated heterocycles. The predicted octanol–water partition coefficient (Wildman–Crippen LogP) is 1.52. The Morgan fingerprint density at radius 3 is 2.70 bits per heavy atom. The van der Waals surface area contributed by atoms with Crippen LogP contribution in [-0.4, -0.2) is 6.54 Å². The second-order valence-corrected chi connectivity index (χ2v) is 3.10. The van der Waals surface area contributed by atoms with Crippen molar-refractivity contribution in [1.82, 2.24) is 0 Å². The van der Waals surface area contributed by atoms with Gasteiger partial charge in [-0.15, -0.1) is 0 Å². The minimum atomic E-state index is 0.0486. The highest BCUT2D eigenvalue weighted by Gasteiger charge is 2.18. The van der Waals surface area contributed by atoms with E-state index in [1.165, 1.54) is 0 Å². The third-order valence-corrected chi connectivity index (χ3v) is 1.81. The summed E-state index contributed by atoms with van der Waals surface area (Å²) < 4.78 is 4.95. The number of nitrogens with two attached hydrogens (primary N) is 1. The summed E-state index contributed by atoms with van der Waals surface area (Å²) in [6.07, 6.45) is 3.42. The maximum Gasteiger partial charge on any atom is 0.0940 e. The summed E-state index contributed by atoms with van der Waals surface area (Å²) in [6, 6.07) is 1.95. The van der Waals surface area contributed by atoms with E-state index in [1.54, 1.807) is 12.5 Å². The van der Waals surface area contributed by atoms with Crippen molar-refractivity contribution in [2.24, 2.45) is 5.73 Å². The van der Waals surface area contributed by atoms with E-state index in [-0.39, 0.29) is 5.41 Å². The number of hydrogen-bond acceptors (Lipinski definition) is 2. The molecule has 0 bridgehead atoms. The second-order valence-electron chi connectivity index (χ2n) is 3.10. The molecule has 0 aliphatic carbocycles. The largest absolute Gasteiger partial charge is 0.472 e. The van der Waals surface area contributed by atoms with Crippen molar-refractivity contribution in [2.75, 3.05) is 6.54 Å². The van der Waals surface area contributed by atoms with Gasteiger partial charge >= 0.3 is 0 Å². The lowest BCUT2D eigenvalue weighted by Crippen LogP contribution is -2.27. The predicted molar refractivity (Wildman–Crippen MR) is 40.8 cm³/mol. The normalized spacial score (nSPS) is 11.9. The molecule has 1 rings (SSSR count). The molecule has 2 N–H and O–H groups in total. The van der Waals surface area contributed by atoms with Gasteiger partial charge in [-0.2, -0.15) is 0 Å². The lowest BCUT2D eigenvalue weighted by molar-refractivity contribution is 0.513. The van der Waals surface area contributed by atoms with Crippen LogP contribution in [0.2, 0.25) is 0 Å². The zero-order chi connectivity index (χ0) is 7.61. The van der Waals surface area contributed by atoms with E-state index in [2.05, 4.69) is 13.8 Å². The molecule has 2 heteroatoms. The van der Waals surface area contributed by atoms with Crippen molar-refractivity contribution in [3.05, 3.63) is 24.2 Å². The number of furan rings is 1. The summed E-state index contributed by atoms with van der Waals surface area (Å²) in [5, 5.41) is 0. The molecule has 0 unspecified atom stereocenters. The first kappa shape index (κ1) is 7.35. The van der Waals surface area contributed by atoms with E-state index in [1.807, 2.05) is 6.07 Å². The summed E-state index contributed by atoms with van der Waals surface area (Å²) >= 11 is 0. The molecule has 2 nitrogen and oxygen atoms in total. The van der Waals surface area contributed by atoms with Crippen LogP contribution in [0.1, 0.15) is 19.4 Å². The Hall–Kier alpha value is -0.760. The van der Waals surface area contributed by atoms with Crippen molar-refractivity contribution >= 4 is 0 Å². The Bertz CT molecular complexity index is 189. The van der Waals surface area contributed by atoms with Crippen LogP contribution in [0.5, 0.6) is 0 Å². The van der Waals surface area contributed by atoms with Crippen molar-refractivity contribution < 1.29 is 4.42 Å². The first-order valence-electron chi connectivity index (χ1n) is 3.39. The van der Waals surface area contributed by atoms with E-state index in [0.717, 1.165) is 5.56 Å². The summed E-state index contributed by atoms with van der Waals surface area (Å²) in [4.78, 5) is 0. The number of rotatable bonds is 2. The van der Waals surface area contributed by atoms with Crippen molar-refractivity contribution in [1.29, 1.82) is 0 Å². The Morgan fingerprint density at radius 1 is 1.60 bits per heavy atom. The molecule has 0 aliphatic heterocycles. The molecular weight excluding hydrogens is 126 g/mol. The molecule has 56 valence electrons. The van der Waals surface area contributed by atoms with E-state index >= 15 is 0 Å². The highest BCUT2D eigenvalue weighted by atomic mass is 16.3. The fraction of sp³-hybridized carbons (Fsp3) is 0.500. The zero-order valence-corrected chi connectivity index (χ0v) is 6.42. The maximum absolute atomic E-state index is 5.56.